The molecule has 332 valence electrons. The fourth-order valence-corrected chi connectivity index (χ4v) is 11.7. The van der Waals surface area contributed by atoms with Crippen LogP contribution in [0.15, 0.2) is 0 Å². The number of Topliss-reactive ketones (excluding diaryl/α,β-unsaturated/α-hetero) is 1. The summed E-state index contributed by atoms with van der Waals surface area (Å²) in [5.41, 5.74) is -0.584. The predicted molar refractivity (Wildman–Crippen MR) is 193 cm³/mol. The maximum Gasteiger partial charge on any atom is 0.220 e. The summed E-state index contributed by atoms with van der Waals surface area (Å²) in [4.78, 5) is 99.2. The van der Waals surface area contributed by atoms with Crippen LogP contribution < -0.4 is 36.0 Å². The van der Waals surface area contributed by atoms with Crippen molar-refractivity contribution in [1.29, 1.82) is 0 Å². The molecule has 0 saturated heterocycles. The number of carboxylic acid groups (broad SMARTS) is 6. The minimum Gasteiger partial charge on any atom is -0.550 e. The van der Waals surface area contributed by atoms with Crippen LogP contribution in [0, 0.1) is 46.3 Å². The molecule has 10 atom stereocenters. The molecule has 0 aliphatic heterocycles. The molecule has 0 aromatic heterocycles. The number of carbonyl (C=O) groups is 8. The Morgan fingerprint density at radius 3 is 1.76 bits per heavy atom. The van der Waals surface area contributed by atoms with Crippen LogP contribution in [0.5, 0.6) is 0 Å². The van der Waals surface area contributed by atoms with Gasteiger partial charge in [0.2, 0.25) is 5.91 Å². The third-order valence-corrected chi connectivity index (χ3v) is 14.6. The molecule has 0 aromatic carbocycles. The molecule has 59 heavy (non-hydrogen) atoms. The van der Waals surface area contributed by atoms with E-state index in [1.165, 1.54) is 4.90 Å². The Bertz CT molecular complexity index is 1520. The Balaban J connectivity index is 1.39. The zero-order chi connectivity index (χ0) is 43.8. The fourth-order valence-electron chi connectivity index (χ4n) is 11.7. The largest absolute Gasteiger partial charge is 0.550 e. The molecular weight excluding hydrogens is 772 g/mol. The summed E-state index contributed by atoms with van der Waals surface area (Å²) in [7, 11) is 0. The minimum absolute atomic E-state index is 0.0185. The van der Waals surface area contributed by atoms with Crippen molar-refractivity contribution in [3.05, 3.63) is 0 Å². The maximum absolute atomic E-state index is 14.1. The molecule has 18 nitrogen and oxygen atoms in total. The lowest BCUT2D eigenvalue weighted by molar-refractivity contribution is -0.314. The number of carbonyl (C=O) groups excluding carboxylic acids is 8. The second-order valence-electron chi connectivity index (χ2n) is 18.0. The summed E-state index contributed by atoms with van der Waals surface area (Å²) in [6.45, 7) is 1.92. The van der Waals surface area contributed by atoms with Crippen molar-refractivity contribution in [2.45, 2.75) is 110 Å². The Labute approximate surface area is 344 Å². The van der Waals surface area contributed by atoms with E-state index in [1.54, 1.807) is 0 Å². The first-order valence-corrected chi connectivity index (χ1v) is 20.9. The first-order valence-electron chi connectivity index (χ1n) is 20.9. The number of aliphatic carboxylic acids is 6. The number of ketones is 1. The summed E-state index contributed by atoms with van der Waals surface area (Å²) in [6.07, 6.45) is 6.32. The first-order chi connectivity index (χ1) is 27.6. The molecule has 4 aliphatic carbocycles. The van der Waals surface area contributed by atoms with Gasteiger partial charge in [-0.25, -0.2) is 0 Å². The van der Waals surface area contributed by atoms with Crippen molar-refractivity contribution in [3.8, 4) is 0 Å². The molecule has 4 fully saturated rings. The van der Waals surface area contributed by atoms with Gasteiger partial charge in [-0.15, -0.1) is 0 Å². The average molecular weight is 831 g/mol. The van der Waals surface area contributed by atoms with Gasteiger partial charge in [0, 0.05) is 88.7 Å². The van der Waals surface area contributed by atoms with Crippen LogP contribution in [0.2, 0.25) is 0 Å². The molecule has 18 heteroatoms. The fraction of sp³-hybridized carbons (Fsp3) is 0.805. The Hall–Kier alpha value is -4.16. The predicted octanol–water partition coefficient (Wildman–Crippen LogP) is -5.72. The Kier molecular flexibility index (Phi) is 16.4. The van der Waals surface area contributed by atoms with Gasteiger partial charge in [0.05, 0.1) is 29.8 Å². The number of nitrogens with zero attached hydrogens (tertiary/aromatic N) is 3. The maximum atomic E-state index is 14.1. The van der Waals surface area contributed by atoms with Gasteiger partial charge in [0.25, 0.3) is 0 Å². The van der Waals surface area contributed by atoms with E-state index >= 15 is 0 Å². The van der Waals surface area contributed by atoms with Gasteiger partial charge in [-0.1, -0.05) is 20.8 Å². The number of hydrogen-bond donors (Lipinski definition) is 1. The average Bonchev–Trinajstić information content (AvgIpc) is 3.49. The number of fused-ring (bicyclic) bond motifs is 5. The van der Waals surface area contributed by atoms with Crippen molar-refractivity contribution in [2.75, 3.05) is 52.4 Å². The van der Waals surface area contributed by atoms with Gasteiger partial charge in [0.15, 0.2) is 0 Å². The minimum atomic E-state index is -1.61. The van der Waals surface area contributed by atoms with E-state index < -0.39 is 79.4 Å². The summed E-state index contributed by atoms with van der Waals surface area (Å²) in [5, 5.41) is 71.7. The Morgan fingerprint density at radius 1 is 0.695 bits per heavy atom. The third-order valence-electron chi connectivity index (χ3n) is 14.6. The third kappa shape index (κ3) is 12.0. The molecule has 0 bridgehead atoms. The van der Waals surface area contributed by atoms with Gasteiger partial charge in [-0.3, -0.25) is 24.3 Å². The highest BCUT2D eigenvalue weighted by Gasteiger charge is 2.64. The zero-order valence-electron chi connectivity index (χ0n) is 34.3. The SMILES string of the molecule is CC(CCC(=O)[O-])[C@H]1CCC2C3CC[C@@H]4C[C@@H](NC(=O)CC[C@@H](C(=O)[O-])N(CCN(CC(=O)[O-])CC(=O)[O-])CCN(CC(=O)[O-])CC(=O)[O-])CC[C@]4(C)C3CC(=O)[C@@]21C. The van der Waals surface area contributed by atoms with Crippen molar-refractivity contribution in [1.82, 2.24) is 20.0 Å². The van der Waals surface area contributed by atoms with E-state index in [0.717, 1.165) is 41.9 Å². The molecule has 4 unspecified atom stereocenters. The van der Waals surface area contributed by atoms with Gasteiger partial charge >= 0.3 is 0 Å². The van der Waals surface area contributed by atoms with Crippen LogP contribution >= 0.6 is 0 Å². The lowest BCUT2D eigenvalue weighted by Gasteiger charge is -2.60. The highest BCUT2D eigenvalue weighted by Crippen LogP contribution is 2.67. The monoisotopic (exact) mass is 830 g/mol. The molecule has 0 heterocycles. The highest BCUT2D eigenvalue weighted by molar-refractivity contribution is 5.87. The summed E-state index contributed by atoms with van der Waals surface area (Å²) >= 11 is 0. The quantitative estimate of drug-likeness (QED) is 0.0948. The van der Waals surface area contributed by atoms with Crippen LogP contribution in [0.4, 0.5) is 0 Å². The summed E-state index contributed by atoms with van der Waals surface area (Å²) < 4.78 is 0. The number of carboxylic acids is 6. The molecule has 1 N–H and O–H groups in total. The second kappa shape index (κ2) is 20.4. The van der Waals surface area contributed by atoms with Crippen LogP contribution in [-0.4, -0.2) is 127 Å². The van der Waals surface area contributed by atoms with Crippen molar-refractivity contribution in [3.63, 3.8) is 0 Å². The van der Waals surface area contributed by atoms with E-state index in [1.807, 2.05) is 0 Å². The standard InChI is InChI=1S/C41H64N4O14/c1-24(4-11-34(48)49)28-7-8-29-27-6-5-25-18-26(12-13-40(25,2)30(27)19-32(46)41(28,29)3)42-33(47)10-9-31(39(58)59)45(16-14-43(20-35(50)51)21-36(52)53)17-15-44(22-37(54)55)23-38(56)57/h24-31H,4-23H2,1-3H3,(H,42,47)(H,48,49)(H,50,51)(H,52,53)(H,54,55)(H,56,57)(H,58,59)/p-6/t24?,25-,26+,27?,28-,29?,30?,31+,40+,41-/m1/s1. The van der Waals surface area contributed by atoms with E-state index in [-0.39, 0.29) is 92.3 Å². The molecule has 4 rings (SSSR count). The topological polar surface area (TPSA) is 297 Å². The van der Waals surface area contributed by atoms with Crippen LogP contribution in [0.3, 0.4) is 0 Å². The van der Waals surface area contributed by atoms with Crippen molar-refractivity contribution < 1.29 is 69.0 Å². The zero-order valence-corrected chi connectivity index (χ0v) is 34.3. The number of amides is 1. The van der Waals surface area contributed by atoms with Gasteiger partial charge in [0.1, 0.15) is 5.78 Å². The van der Waals surface area contributed by atoms with Gasteiger partial charge in [-0.05, 0) is 105 Å². The van der Waals surface area contributed by atoms with E-state index in [9.17, 15) is 69.0 Å². The number of hydrogen-bond acceptors (Lipinski definition) is 17. The molecule has 4 aliphatic rings. The summed E-state index contributed by atoms with van der Waals surface area (Å²) in [5.74, 6) is -7.92. The molecule has 4 saturated carbocycles. The molecule has 0 radical (unpaired) electrons. The van der Waals surface area contributed by atoms with E-state index in [0.29, 0.717) is 31.6 Å². The first kappa shape index (κ1) is 47.5. The second-order valence-corrected chi connectivity index (χ2v) is 18.0. The van der Waals surface area contributed by atoms with Crippen molar-refractivity contribution >= 4 is 47.5 Å². The smallest absolute Gasteiger partial charge is 0.220 e. The van der Waals surface area contributed by atoms with E-state index in [2.05, 4.69) is 26.1 Å². The Morgan fingerprint density at radius 2 is 1.25 bits per heavy atom. The normalized spacial score (nSPS) is 29.9. The van der Waals surface area contributed by atoms with Crippen LogP contribution in [-0.2, 0) is 38.4 Å². The lowest BCUT2D eigenvalue weighted by atomic mass is 9.44. The molecule has 1 amide bonds. The van der Waals surface area contributed by atoms with E-state index in [4.69, 9.17) is 0 Å². The van der Waals surface area contributed by atoms with Gasteiger partial charge < -0.3 is 64.7 Å². The number of nitrogens with one attached hydrogen (secondary N) is 1. The summed E-state index contributed by atoms with van der Waals surface area (Å²) in [6, 6.07) is -1.68. The number of rotatable bonds is 24. The van der Waals surface area contributed by atoms with Gasteiger partial charge in [-0.2, -0.15) is 0 Å². The molecule has 0 aromatic rings. The van der Waals surface area contributed by atoms with Crippen molar-refractivity contribution in [2.24, 2.45) is 46.3 Å². The molecular formula is C41H58N4O14-6. The highest BCUT2D eigenvalue weighted by atomic mass is 16.4. The lowest BCUT2D eigenvalue weighted by Crippen LogP contribution is -2.58. The molecule has 0 spiro atoms. The van der Waals surface area contributed by atoms with Crippen LogP contribution in [0.1, 0.15) is 97.8 Å². The van der Waals surface area contributed by atoms with Crippen LogP contribution in [0.25, 0.3) is 0 Å².